The molecule has 1 aromatic carbocycles. The number of ether oxygens (including phenoxy) is 1. The number of carboxylic acid groups (broad SMARTS) is 1. The molecular weight excluding hydrogens is 246 g/mol. The maximum absolute atomic E-state index is 11.1. The Labute approximate surface area is 112 Å². The largest absolute Gasteiger partial charge is 0.504 e. The third kappa shape index (κ3) is 2.98. The first-order valence-electron chi connectivity index (χ1n) is 6.32. The van der Waals surface area contributed by atoms with Crippen molar-refractivity contribution in [3.05, 3.63) is 23.8 Å². The molecule has 2 N–H and O–H groups in total. The van der Waals surface area contributed by atoms with Gasteiger partial charge in [0, 0.05) is 19.6 Å². The standard InChI is InChI=1S/C14H19NO4/c1-9-6-15(8-11(9)14(17)18)7-10-3-4-12(16)13(5-10)19-2/h3-5,9,11,16H,6-8H2,1-2H3,(H,17,18). The fourth-order valence-corrected chi connectivity index (χ4v) is 2.60. The molecule has 0 amide bonds. The number of benzene rings is 1. The van der Waals surface area contributed by atoms with Crippen LogP contribution in [0.1, 0.15) is 12.5 Å². The van der Waals surface area contributed by atoms with Crippen LogP contribution in [0, 0.1) is 11.8 Å². The molecule has 5 nitrogen and oxygen atoms in total. The molecule has 1 heterocycles. The average Bonchev–Trinajstić information content (AvgIpc) is 2.73. The minimum atomic E-state index is -0.724. The summed E-state index contributed by atoms with van der Waals surface area (Å²) in [7, 11) is 1.51. The molecule has 1 aromatic rings. The van der Waals surface area contributed by atoms with Crippen LogP contribution in [0.2, 0.25) is 0 Å². The molecule has 1 fully saturated rings. The number of carboxylic acids is 1. The van der Waals surface area contributed by atoms with Crippen molar-refractivity contribution in [2.75, 3.05) is 20.2 Å². The quantitative estimate of drug-likeness (QED) is 0.864. The number of likely N-dealkylation sites (tertiary alicyclic amines) is 1. The molecule has 1 aliphatic rings. The number of hydrogen-bond donors (Lipinski definition) is 2. The van der Waals surface area contributed by atoms with Gasteiger partial charge in [-0.2, -0.15) is 0 Å². The van der Waals surface area contributed by atoms with E-state index in [1.165, 1.54) is 7.11 Å². The third-order valence-corrected chi connectivity index (χ3v) is 3.66. The molecule has 5 heteroatoms. The monoisotopic (exact) mass is 265 g/mol. The van der Waals surface area contributed by atoms with Gasteiger partial charge in [0.05, 0.1) is 13.0 Å². The molecule has 0 aromatic heterocycles. The highest BCUT2D eigenvalue weighted by molar-refractivity contribution is 5.71. The van der Waals surface area contributed by atoms with Crippen molar-refractivity contribution < 1.29 is 19.7 Å². The maximum atomic E-state index is 11.1. The lowest BCUT2D eigenvalue weighted by molar-refractivity contribution is -0.142. The number of carbonyl (C=O) groups is 1. The minimum Gasteiger partial charge on any atom is -0.504 e. The van der Waals surface area contributed by atoms with Crippen LogP contribution >= 0.6 is 0 Å². The van der Waals surface area contributed by atoms with Crippen LogP contribution in [0.3, 0.4) is 0 Å². The van der Waals surface area contributed by atoms with Crippen molar-refractivity contribution in [3.63, 3.8) is 0 Å². The number of nitrogens with zero attached hydrogens (tertiary/aromatic N) is 1. The number of hydrogen-bond acceptors (Lipinski definition) is 4. The summed E-state index contributed by atoms with van der Waals surface area (Å²) in [5.74, 6) is -0.294. The van der Waals surface area contributed by atoms with Crippen LogP contribution in [0.15, 0.2) is 18.2 Å². The molecule has 0 radical (unpaired) electrons. The maximum Gasteiger partial charge on any atom is 0.308 e. The Morgan fingerprint density at radius 3 is 2.79 bits per heavy atom. The van der Waals surface area contributed by atoms with Crippen LogP contribution in [-0.4, -0.2) is 41.3 Å². The van der Waals surface area contributed by atoms with Gasteiger partial charge >= 0.3 is 5.97 Å². The molecule has 104 valence electrons. The fourth-order valence-electron chi connectivity index (χ4n) is 2.60. The Kier molecular flexibility index (Phi) is 3.95. The number of phenols is 1. The summed E-state index contributed by atoms with van der Waals surface area (Å²) in [5, 5.41) is 18.6. The highest BCUT2D eigenvalue weighted by atomic mass is 16.5. The topological polar surface area (TPSA) is 70.0 Å². The summed E-state index contributed by atoms with van der Waals surface area (Å²) in [6.45, 7) is 3.99. The highest BCUT2D eigenvalue weighted by Crippen LogP contribution is 2.29. The summed E-state index contributed by atoms with van der Waals surface area (Å²) < 4.78 is 5.07. The van der Waals surface area contributed by atoms with Crippen LogP contribution < -0.4 is 4.74 Å². The first-order valence-corrected chi connectivity index (χ1v) is 6.32. The lowest BCUT2D eigenvalue weighted by Gasteiger charge is -2.16. The van der Waals surface area contributed by atoms with Gasteiger partial charge in [0.15, 0.2) is 11.5 Å². The van der Waals surface area contributed by atoms with E-state index in [4.69, 9.17) is 9.84 Å². The lowest BCUT2D eigenvalue weighted by atomic mass is 9.99. The van der Waals surface area contributed by atoms with Gasteiger partial charge in [-0.1, -0.05) is 13.0 Å². The van der Waals surface area contributed by atoms with E-state index in [0.717, 1.165) is 12.1 Å². The van der Waals surface area contributed by atoms with Crippen LogP contribution in [0.5, 0.6) is 11.5 Å². The van der Waals surface area contributed by atoms with E-state index >= 15 is 0 Å². The Hall–Kier alpha value is -1.75. The van der Waals surface area contributed by atoms with Gasteiger partial charge in [0.1, 0.15) is 0 Å². The summed E-state index contributed by atoms with van der Waals surface area (Å²) >= 11 is 0. The first kappa shape index (κ1) is 13.7. The van der Waals surface area contributed by atoms with Crippen LogP contribution in [-0.2, 0) is 11.3 Å². The molecule has 0 bridgehead atoms. The molecule has 2 unspecified atom stereocenters. The summed E-state index contributed by atoms with van der Waals surface area (Å²) in [6, 6.07) is 5.22. The predicted molar refractivity (Wildman–Crippen MR) is 70.2 cm³/mol. The van der Waals surface area contributed by atoms with E-state index < -0.39 is 5.97 Å². The zero-order valence-electron chi connectivity index (χ0n) is 11.2. The second-order valence-electron chi connectivity index (χ2n) is 5.12. The number of phenolic OH excluding ortho intramolecular Hbond substituents is 1. The zero-order valence-corrected chi connectivity index (χ0v) is 11.2. The molecule has 1 saturated heterocycles. The normalized spacial score (nSPS) is 23.5. The Balaban J connectivity index is 2.04. The van der Waals surface area contributed by atoms with Crippen molar-refractivity contribution in [2.45, 2.75) is 13.5 Å². The number of rotatable bonds is 4. The van der Waals surface area contributed by atoms with E-state index in [2.05, 4.69) is 4.90 Å². The molecule has 0 saturated carbocycles. The van der Waals surface area contributed by atoms with Gasteiger partial charge in [-0.3, -0.25) is 9.69 Å². The molecule has 2 atom stereocenters. The second kappa shape index (κ2) is 5.48. The second-order valence-corrected chi connectivity index (χ2v) is 5.12. The van der Waals surface area contributed by atoms with Crippen molar-refractivity contribution in [1.29, 1.82) is 0 Å². The zero-order chi connectivity index (χ0) is 14.0. The number of aromatic hydroxyl groups is 1. The van der Waals surface area contributed by atoms with Gasteiger partial charge in [-0.15, -0.1) is 0 Å². The van der Waals surface area contributed by atoms with E-state index in [-0.39, 0.29) is 17.6 Å². The fraction of sp³-hybridized carbons (Fsp3) is 0.500. The molecule has 0 aliphatic carbocycles. The SMILES string of the molecule is COc1cc(CN2CC(C)C(C(=O)O)C2)ccc1O. The third-order valence-electron chi connectivity index (χ3n) is 3.66. The Morgan fingerprint density at radius 1 is 1.47 bits per heavy atom. The van der Waals surface area contributed by atoms with Gasteiger partial charge < -0.3 is 14.9 Å². The van der Waals surface area contributed by atoms with Crippen LogP contribution in [0.25, 0.3) is 0 Å². The van der Waals surface area contributed by atoms with Gasteiger partial charge in [-0.05, 0) is 23.6 Å². The van der Waals surface area contributed by atoms with E-state index in [1.54, 1.807) is 12.1 Å². The van der Waals surface area contributed by atoms with Crippen molar-refractivity contribution >= 4 is 5.97 Å². The highest BCUT2D eigenvalue weighted by Gasteiger charge is 2.34. The number of methoxy groups -OCH3 is 1. The van der Waals surface area contributed by atoms with Gasteiger partial charge in [0.25, 0.3) is 0 Å². The summed E-state index contributed by atoms with van der Waals surface area (Å²) in [6.07, 6.45) is 0. The van der Waals surface area contributed by atoms with Gasteiger partial charge in [-0.25, -0.2) is 0 Å². The molecule has 2 rings (SSSR count). The van der Waals surface area contributed by atoms with Crippen molar-refractivity contribution in [3.8, 4) is 11.5 Å². The Morgan fingerprint density at radius 2 is 2.21 bits per heavy atom. The first-order chi connectivity index (χ1) is 9.01. The molecule has 0 spiro atoms. The smallest absolute Gasteiger partial charge is 0.308 e. The van der Waals surface area contributed by atoms with E-state index in [0.29, 0.717) is 18.8 Å². The summed E-state index contributed by atoms with van der Waals surface area (Å²) in [5.41, 5.74) is 1.01. The minimum absolute atomic E-state index is 0.115. The van der Waals surface area contributed by atoms with E-state index in [1.807, 2.05) is 13.0 Å². The predicted octanol–water partition coefficient (Wildman–Crippen LogP) is 1.55. The van der Waals surface area contributed by atoms with Crippen molar-refractivity contribution in [2.24, 2.45) is 11.8 Å². The molecular formula is C14H19NO4. The van der Waals surface area contributed by atoms with Gasteiger partial charge in [0.2, 0.25) is 0 Å². The summed E-state index contributed by atoms with van der Waals surface area (Å²) in [4.78, 5) is 13.2. The molecule has 1 aliphatic heterocycles. The Bertz CT molecular complexity index is 475. The van der Waals surface area contributed by atoms with Crippen LogP contribution in [0.4, 0.5) is 0 Å². The van der Waals surface area contributed by atoms with E-state index in [9.17, 15) is 9.90 Å². The molecule has 19 heavy (non-hydrogen) atoms. The lowest BCUT2D eigenvalue weighted by Crippen LogP contribution is -2.23. The van der Waals surface area contributed by atoms with Crippen molar-refractivity contribution in [1.82, 2.24) is 4.90 Å². The number of aliphatic carboxylic acids is 1. The average molecular weight is 265 g/mol.